The average Bonchev–Trinajstić information content (AvgIpc) is 2.86. The molecule has 2 heterocycles. The van der Waals surface area contributed by atoms with E-state index < -0.39 is 0 Å². The average molecular weight is 210 g/mol. The third kappa shape index (κ3) is 1.21. The molecule has 1 aliphatic carbocycles. The highest BCUT2D eigenvalue weighted by atomic mass is 16.7. The molecule has 0 bridgehead atoms. The SMILES string of the molecule is COC(=O)C1=CO[C@@H]2OCC3CC[C@H]1[C@@H]32. The van der Waals surface area contributed by atoms with Crippen LogP contribution in [0.4, 0.5) is 0 Å². The molecule has 4 heteroatoms. The molecule has 15 heavy (non-hydrogen) atoms. The van der Waals surface area contributed by atoms with Crippen molar-refractivity contribution >= 4 is 5.97 Å². The molecule has 0 spiro atoms. The van der Waals surface area contributed by atoms with Crippen molar-refractivity contribution in [1.82, 2.24) is 0 Å². The summed E-state index contributed by atoms with van der Waals surface area (Å²) >= 11 is 0. The van der Waals surface area contributed by atoms with Crippen LogP contribution >= 0.6 is 0 Å². The fraction of sp³-hybridized carbons (Fsp3) is 0.727. The second kappa shape index (κ2) is 3.23. The van der Waals surface area contributed by atoms with Gasteiger partial charge in [-0.1, -0.05) is 0 Å². The Labute approximate surface area is 88.2 Å². The van der Waals surface area contributed by atoms with Crippen LogP contribution in [0.2, 0.25) is 0 Å². The summed E-state index contributed by atoms with van der Waals surface area (Å²) in [6.45, 7) is 0.772. The fourth-order valence-electron chi connectivity index (χ4n) is 3.08. The van der Waals surface area contributed by atoms with Crippen LogP contribution in [0, 0.1) is 17.8 Å². The largest absolute Gasteiger partial charge is 0.472 e. The highest BCUT2D eigenvalue weighted by Gasteiger charge is 2.52. The van der Waals surface area contributed by atoms with Crippen LogP contribution in [0.1, 0.15) is 12.8 Å². The summed E-state index contributed by atoms with van der Waals surface area (Å²) in [6.07, 6.45) is 3.59. The molecule has 2 fully saturated rings. The Morgan fingerprint density at radius 2 is 2.40 bits per heavy atom. The molecule has 4 atom stereocenters. The third-order valence-corrected chi connectivity index (χ3v) is 3.80. The number of hydrogen-bond donors (Lipinski definition) is 0. The van der Waals surface area contributed by atoms with E-state index in [1.165, 1.54) is 13.4 Å². The number of hydrogen-bond acceptors (Lipinski definition) is 4. The Kier molecular flexibility index (Phi) is 1.99. The topological polar surface area (TPSA) is 44.8 Å². The van der Waals surface area contributed by atoms with Crippen molar-refractivity contribution in [1.29, 1.82) is 0 Å². The van der Waals surface area contributed by atoms with E-state index in [1.54, 1.807) is 0 Å². The van der Waals surface area contributed by atoms with Gasteiger partial charge >= 0.3 is 5.97 Å². The molecule has 0 aromatic rings. The van der Waals surface area contributed by atoms with Crippen LogP contribution in [-0.4, -0.2) is 26.0 Å². The van der Waals surface area contributed by atoms with Gasteiger partial charge in [0.2, 0.25) is 6.29 Å². The predicted molar refractivity (Wildman–Crippen MR) is 50.6 cm³/mol. The second-order valence-corrected chi connectivity index (χ2v) is 4.42. The highest BCUT2D eigenvalue weighted by Crippen LogP contribution is 2.50. The van der Waals surface area contributed by atoms with E-state index in [1.807, 2.05) is 0 Å². The van der Waals surface area contributed by atoms with Gasteiger partial charge in [-0.3, -0.25) is 0 Å². The molecule has 0 aromatic heterocycles. The fourth-order valence-corrected chi connectivity index (χ4v) is 3.08. The minimum Gasteiger partial charge on any atom is -0.472 e. The van der Waals surface area contributed by atoms with E-state index in [-0.39, 0.29) is 18.2 Å². The lowest BCUT2D eigenvalue weighted by atomic mass is 9.85. The second-order valence-electron chi connectivity index (χ2n) is 4.42. The van der Waals surface area contributed by atoms with Crippen LogP contribution in [-0.2, 0) is 19.0 Å². The molecule has 0 radical (unpaired) electrons. The molecule has 1 saturated heterocycles. The number of carbonyl (C=O) groups excluding carboxylic acids is 1. The number of rotatable bonds is 1. The Morgan fingerprint density at radius 1 is 1.53 bits per heavy atom. The van der Waals surface area contributed by atoms with Gasteiger partial charge < -0.3 is 14.2 Å². The summed E-state index contributed by atoms with van der Waals surface area (Å²) in [5.74, 6) is 0.951. The minimum absolute atomic E-state index is 0.129. The smallest absolute Gasteiger partial charge is 0.337 e. The van der Waals surface area contributed by atoms with Gasteiger partial charge in [0, 0.05) is 11.8 Å². The minimum atomic E-state index is -0.258. The lowest BCUT2D eigenvalue weighted by Gasteiger charge is -2.29. The van der Waals surface area contributed by atoms with Crippen LogP contribution in [0.5, 0.6) is 0 Å². The lowest BCUT2D eigenvalue weighted by Crippen LogP contribution is -2.32. The van der Waals surface area contributed by atoms with Crippen LogP contribution in [0.15, 0.2) is 11.8 Å². The Bertz CT molecular complexity index is 323. The molecule has 3 rings (SSSR count). The van der Waals surface area contributed by atoms with Crippen molar-refractivity contribution in [3.63, 3.8) is 0 Å². The van der Waals surface area contributed by atoms with E-state index in [9.17, 15) is 4.79 Å². The summed E-state index contributed by atoms with van der Waals surface area (Å²) in [5.41, 5.74) is 0.687. The van der Waals surface area contributed by atoms with Gasteiger partial charge in [-0.05, 0) is 18.8 Å². The number of esters is 1. The third-order valence-electron chi connectivity index (χ3n) is 3.80. The quantitative estimate of drug-likeness (QED) is 0.607. The van der Waals surface area contributed by atoms with Crippen LogP contribution in [0.25, 0.3) is 0 Å². The zero-order chi connectivity index (χ0) is 10.4. The van der Waals surface area contributed by atoms with Crippen molar-refractivity contribution in [3.8, 4) is 0 Å². The first-order chi connectivity index (χ1) is 7.31. The monoisotopic (exact) mass is 210 g/mol. The van der Waals surface area contributed by atoms with Crippen molar-refractivity contribution in [2.24, 2.45) is 17.8 Å². The van der Waals surface area contributed by atoms with E-state index >= 15 is 0 Å². The zero-order valence-corrected chi connectivity index (χ0v) is 8.64. The van der Waals surface area contributed by atoms with Gasteiger partial charge in [-0.15, -0.1) is 0 Å². The van der Waals surface area contributed by atoms with E-state index in [2.05, 4.69) is 0 Å². The zero-order valence-electron chi connectivity index (χ0n) is 8.64. The molecule has 2 aliphatic heterocycles. The van der Waals surface area contributed by atoms with E-state index in [0.717, 1.165) is 19.4 Å². The van der Waals surface area contributed by atoms with Crippen molar-refractivity contribution in [2.75, 3.05) is 13.7 Å². The highest BCUT2D eigenvalue weighted by molar-refractivity contribution is 5.89. The molecular weight excluding hydrogens is 196 g/mol. The van der Waals surface area contributed by atoms with E-state index in [0.29, 0.717) is 17.4 Å². The van der Waals surface area contributed by atoms with Crippen LogP contribution in [0.3, 0.4) is 0 Å². The molecule has 0 aromatic carbocycles. The first kappa shape index (κ1) is 9.21. The van der Waals surface area contributed by atoms with E-state index in [4.69, 9.17) is 14.2 Å². The standard InChI is InChI=1S/C11H14O4/c1-13-10(12)8-5-15-11-9-6(4-14-11)2-3-7(8)9/h5-7,9,11H,2-4H2,1H3/t6?,7-,9-,11+/m1/s1. The Hall–Kier alpha value is -1.03. The number of ether oxygens (including phenoxy) is 3. The molecule has 0 N–H and O–H groups in total. The summed E-state index contributed by atoms with van der Waals surface area (Å²) in [4.78, 5) is 11.5. The molecule has 4 nitrogen and oxygen atoms in total. The predicted octanol–water partition coefficient (Wildman–Crippen LogP) is 1.07. The maximum absolute atomic E-state index is 11.5. The van der Waals surface area contributed by atoms with Gasteiger partial charge in [-0.2, -0.15) is 0 Å². The Morgan fingerprint density at radius 3 is 3.20 bits per heavy atom. The van der Waals surface area contributed by atoms with Crippen molar-refractivity contribution in [2.45, 2.75) is 19.1 Å². The molecule has 82 valence electrons. The van der Waals surface area contributed by atoms with Crippen molar-refractivity contribution < 1.29 is 19.0 Å². The van der Waals surface area contributed by atoms with Gasteiger partial charge in [0.05, 0.1) is 25.6 Å². The maximum atomic E-state index is 11.5. The Balaban J connectivity index is 1.90. The van der Waals surface area contributed by atoms with Crippen LogP contribution < -0.4 is 0 Å². The summed E-state index contributed by atoms with van der Waals surface area (Å²) in [5, 5.41) is 0. The van der Waals surface area contributed by atoms with Gasteiger partial charge in [-0.25, -0.2) is 4.79 Å². The normalized spacial score (nSPS) is 41.8. The van der Waals surface area contributed by atoms with Gasteiger partial charge in [0.1, 0.15) is 0 Å². The summed E-state index contributed by atoms with van der Waals surface area (Å²) in [7, 11) is 1.41. The molecule has 3 aliphatic rings. The molecule has 1 unspecified atom stereocenters. The molecule has 0 amide bonds. The van der Waals surface area contributed by atoms with Gasteiger partial charge in [0.15, 0.2) is 0 Å². The number of methoxy groups -OCH3 is 1. The first-order valence-corrected chi connectivity index (χ1v) is 5.36. The molecule has 1 saturated carbocycles. The summed E-state index contributed by atoms with van der Waals surface area (Å²) in [6, 6.07) is 0. The number of carbonyl (C=O) groups is 1. The first-order valence-electron chi connectivity index (χ1n) is 5.36. The summed E-state index contributed by atoms with van der Waals surface area (Å²) < 4.78 is 15.7. The van der Waals surface area contributed by atoms with Gasteiger partial charge in [0.25, 0.3) is 0 Å². The maximum Gasteiger partial charge on any atom is 0.337 e. The lowest BCUT2D eigenvalue weighted by molar-refractivity contribution is -0.141. The molecular formula is C11H14O4. The van der Waals surface area contributed by atoms with Crippen molar-refractivity contribution in [3.05, 3.63) is 11.8 Å².